The molecule has 2 aliphatic heterocycles. The largest absolute Gasteiger partial charge is 0.381 e. The van der Waals surface area contributed by atoms with Crippen molar-refractivity contribution in [2.45, 2.75) is 52.1 Å². The Kier molecular flexibility index (Phi) is 5.97. The molecule has 1 saturated heterocycles. The average Bonchev–Trinajstić information content (AvgIpc) is 3.31. The molecule has 3 aromatic heterocycles. The number of carbonyl (C=O) groups is 1. The van der Waals surface area contributed by atoms with Crippen LogP contribution in [0.2, 0.25) is 0 Å². The monoisotopic (exact) mass is 482 g/mol. The van der Waals surface area contributed by atoms with Gasteiger partial charge in [-0.15, -0.1) is 0 Å². The smallest absolute Gasteiger partial charge is 0.219 e. The van der Waals surface area contributed by atoms with Gasteiger partial charge in [0.25, 0.3) is 0 Å². The molecular formula is C28H30N6O2. The Bertz CT molecular complexity index is 1420. The quantitative estimate of drug-likeness (QED) is 0.429. The first-order valence-electron chi connectivity index (χ1n) is 12.8. The van der Waals surface area contributed by atoms with Crippen LogP contribution in [0.25, 0.3) is 33.3 Å². The summed E-state index contributed by atoms with van der Waals surface area (Å²) in [6, 6.07) is 8.72. The van der Waals surface area contributed by atoms with Crippen LogP contribution >= 0.6 is 0 Å². The van der Waals surface area contributed by atoms with Gasteiger partial charge in [0, 0.05) is 92.4 Å². The van der Waals surface area contributed by atoms with Gasteiger partial charge in [-0.25, -0.2) is 9.97 Å². The van der Waals surface area contributed by atoms with Crippen molar-refractivity contribution in [1.29, 1.82) is 0 Å². The number of hydrogen-bond donors (Lipinski definition) is 0. The van der Waals surface area contributed by atoms with Crippen LogP contribution in [0, 0.1) is 0 Å². The Morgan fingerprint density at radius 1 is 1.11 bits per heavy atom. The maximum absolute atomic E-state index is 12.3. The van der Waals surface area contributed by atoms with Crippen molar-refractivity contribution in [2.75, 3.05) is 19.8 Å². The minimum atomic E-state index is 0.103. The Labute approximate surface area is 210 Å². The predicted octanol–water partition coefficient (Wildman–Crippen LogP) is 4.37. The van der Waals surface area contributed by atoms with Crippen molar-refractivity contribution in [2.24, 2.45) is 0 Å². The molecule has 4 aromatic rings. The van der Waals surface area contributed by atoms with Crippen LogP contribution in [0.4, 0.5) is 0 Å². The van der Waals surface area contributed by atoms with E-state index < -0.39 is 0 Å². The summed E-state index contributed by atoms with van der Waals surface area (Å²) in [6.07, 6.45) is 9.16. The molecule has 6 rings (SSSR count). The van der Waals surface area contributed by atoms with Gasteiger partial charge < -0.3 is 9.64 Å². The van der Waals surface area contributed by atoms with Gasteiger partial charge in [0.2, 0.25) is 5.91 Å². The van der Waals surface area contributed by atoms with Crippen LogP contribution in [0.5, 0.6) is 0 Å². The number of aromatic nitrogens is 5. The molecule has 2 aliphatic rings. The van der Waals surface area contributed by atoms with Crippen LogP contribution in [0.3, 0.4) is 0 Å². The van der Waals surface area contributed by atoms with E-state index in [0.29, 0.717) is 12.6 Å². The third-order valence-corrected chi connectivity index (χ3v) is 7.41. The molecule has 5 heterocycles. The fourth-order valence-electron chi connectivity index (χ4n) is 5.37. The van der Waals surface area contributed by atoms with Crippen molar-refractivity contribution in [3.05, 3.63) is 59.9 Å². The summed E-state index contributed by atoms with van der Waals surface area (Å²) in [5, 5.41) is 7.34. The lowest BCUT2D eigenvalue weighted by molar-refractivity contribution is -0.129. The van der Waals surface area contributed by atoms with Crippen molar-refractivity contribution >= 4 is 16.7 Å². The number of rotatable bonds is 4. The summed E-state index contributed by atoms with van der Waals surface area (Å²) in [5.74, 6) is 0.928. The van der Waals surface area contributed by atoms with E-state index >= 15 is 0 Å². The first-order chi connectivity index (χ1) is 17.6. The van der Waals surface area contributed by atoms with Crippen molar-refractivity contribution in [3.8, 4) is 22.5 Å². The zero-order chi connectivity index (χ0) is 24.6. The molecule has 0 unspecified atom stereocenters. The van der Waals surface area contributed by atoms with Gasteiger partial charge in [-0.2, -0.15) is 5.10 Å². The zero-order valence-corrected chi connectivity index (χ0v) is 20.8. The second-order valence-corrected chi connectivity index (χ2v) is 9.59. The highest BCUT2D eigenvalue weighted by molar-refractivity contribution is 5.97. The standard InChI is InChI=1S/C28H30N6O2/c1-3-27-30-14-20(15-31-27)25-13-19-5-4-6-22(23(19)16-29-25)28-24-17-33(18(2)35)10-7-26(24)34(32-28)21-8-11-36-12-9-21/h4-6,13-16,21H,3,7-12,17H2,1-2H3. The second kappa shape index (κ2) is 9.43. The van der Waals surface area contributed by atoms with E-state index in [9.17, 15) is 4.79 Å². The number of amides is 1. The Hall–Kier alpha value is -3.65. The van der Waals surface area contributed by atoms with Gasteiger partial charge in [0.15, 0.2) is 0 Å². The predicted molar refractivity (Wildman–Crippen MR) is 137 cm³/mol. The third-order valence-electron chi connectivity index (χ3n) is 7.41. The highest BCUT2D eigenvalue weighted by atomic mass is 16.5. The number of carbonyl (C=O) groups excluding carboxylic acids is 1. The first kappa shape index (κ1) is 22.8. The molecule has 8 heteroatoms. The fraction of sp³-hybridized carbons (Fsp3) is 0.393. The summed E-state index contributed by atoms with van der Waals surface area (Å²) in [5.41, 5.74) is 6.17. The van der Waals surface area contributed by atoms with Crippen LogP contribution in [0.1, 0.15) is 49.8 Å². The van der Waals surface area contributed by atoms with Crippen LogP contribution in [-0.2, 0) is 28.9 Å². The maximum atomic E-state index is 12.3. The lowest BCUT2D eigenvalue weighted by Crippen LogP contribution is -2.35. The minimum Gasteiger partial charge on any atom is -0.381 e. The first-order valence-corrected chi connectivity index (χ1v) is 12.8. The summed E-state index contributed by atoms with van der Waals surface area (Å²) >= 11 is 0. The molecule has 1 fully saturated rings. The molecule has 0 saturated carbocycles. The summed E-state index contributed by atoms with van der Waals surface area (Å²) in [7, 11) is 0. The van der Waals surface area contributed by atoms with Gasteiger partial charge >= 0.3 is 0 Å². The van der Waals surface area contributed by atoms with Crippen molar-refractivity contribution < 1.29 is 9.53 Å². The Morgan fingerprint density at radius 2 is 1.92 bits per heavy atom. The fourth-order valence-corrected chi connectivity index (χ4v) is 5.37. The van der Waals surface area contributed by atoms with E-state index in [0.717, 1.165) is 90.1 Å². The number of hydrogen-bond acceptors (Lipinski definition) is 6. The molecule has 0 spiro atoms. The molecule has 8 nitrogen and oxygen atoms in total. The molecule has 36 heavy (non-hydrogen) atoms. The molecule has 0 bridgehead atoms. The highest BCUT2D eigenvalue weighted by Crippen LogP contribution is 2.37. The number of benzene rings is 1. The lowest BCUT2D eigenvalue weighted by Gasteiger charge is -2.29. The minimum absolute atomic E-state index is 0.103. The van der Waals surface area contributed by atoms with E-state index in [1.165, 1.54) is 5.69 Å². The molecule has 184 valence electrons. The van der Waals surface area contributed by atoms with Gasteiger partial charge in [-0.05, 0) is 24.3 Å². The van der Waals surface area contributed by atoms with E-state index in [-0.39, 0.29) is 5.91 Å². The van der Waals surface area contributed by atoms with Gasteiger partial charge in [-0.3, -0.25) is 14.5 Å². The summed E-state index contributed by atoms with van der Waals surface area (Å²) in [4.78, 5) is 27.8. The average molecular weight is 483 g/mol. The molecule has 1 aromatic carbocycles. The molecule has 0 radical (unpaired) electrons. The molecule has 0 aliphatic carbocycles. The van der Waals surface area contributed by atoms with Gasteiger partial charge in [0.05, 0.1) is 17.4 Å². The van der Waals surface area contributed by atoms with Crippen molar-refractivity contribution in [1.82, 2.24) is 29.6 Å². The van der Waals surface area contributed by atoms with E-state index in [4.69, 9.17) is 14.8 Å². The summed E-state index contributed by atoms with van der Waals surface area (Å²) in [6.45, 7) is 6.54. The number of ether oxygens (including phenoxy) is 1. The normalized spacial score (nSPS) is 16.3. The van der Waals surface area contributed by atoms with E-state index in [2.05, 4.69) is 38.9 Å². The second-order valence-electron chi connectivity index (χ2n) is 9.59. The van der Waals surface area contributed by atoms with Crippen molar-refractivity contribution in [3.63, 3.8) is 0 Å². The Balaban J connectivity index is 1.45. The van der Waals surface area contributed by atoms with Gasteiger partial charge in [0.1, 0.15) is 5.82 Å². The SMILES string of the molecule is CCc1ncc(-c2cc3cccc(-c4nn(C5CCOCC5)c5c4CN(C(C)=O)CC5)c3cn2)cn1. The number of fused-ring (bicyclic) bond motifs is 2. The Morgan fingerprint density at radius 3 is 2.67 bits per heavy atom. The van der Waals surface area contributed by atoms with Crippen LogP contribution < -0.4 is 0 Å². The number of pyridine rings is 1. The number of aryl methyl sites for hydroxylation is 1. The third kappa shape index (κ3) is 4.05. The zero-order valence-electron chi connectivity index (χ0n) is 20.8. The van der Waals surface area contributed by atoms with E-state index in [1.54, 1.807) is 6.92 Å². The van der Waals surface area contributed by atoms with Crippen LogP contribution in [-0.4, -0.2) is 55.3 Å². The molecule has 0 N–H and O–H groups in total. The lowest BCUT2D eigenvalue weighted by atomic mass is 9.96. The number of nitrogens with zero attached hydrogens (tertiary/aromatic N) is 6. The molecule has 0 atom stereocenters. The maximum Gasteiger partial charge on any atom is 0.219 e. The van der Waals surface area contributed by atoms with Gasteiger partial charge in [-0.1, -0.05) is 25.1 Å². The summed E-state index contributed by atoms with van der Waals surface area (Å²) < 4.78 is 7.85. The van der Waals surface area contributed by atoms with E-state index in [1.807, 2.05) is 30.4 Å². The highest BCUT2D eigenvalue weighted by Gasteiger charge is 2.30. The molecule has 1 amide bonds. The molecular weight excluding hydrogens is 452 g/mol. The van der Waals surface area contributed by atoms with Crippen LogP contribution in [0.15, 0.2) is 42.9 Å². The topological polar surface area (TPSA) is 86.0 Å².